The number of ether oxygens (including phenoxy) is 1. The maximum absolute atomic E-state index is 13.3. The standard InChI is InChI=1S/C24H35N3O4/c1-17-7-9-18(10-8-17)16-27-20(11-12-21(27)28)22(29)26-13-5-6-19(15-26)14-25-23(30)31-24(2,3)4/h7-10,19-20H,5-6,11-16H2,1-4H3,(H,25,30). The van der Waals surface area contributed by atoms with E-state index in [0.29, 0.717) is 39.0 Å². The summed E-state index contributed by atoms with van der Waals surface area (Å²) in [5, 5.41) is 2.83. The van der Waals surface area contributed by atoms with Gasteiger partial charge in [0, 0.05) is 32.6 Å². The van der Waals surface area contributed by atoms with Crippen molar-refractivity contribution in [3.05, 3.63) is 35.4 Å². The maximum Gasteiger partial charge on any atom is 0.407 e. The Morgan fingerprint density at radius 2 is 1.87 bits per heavy atom. The molecule has 7 heteroatoms. The number of hydrogen-bond acceptors (Lipinski definition) is 4. The summed E-state index contributed by atoms with van der Waals surface area (Å²) in [7, 11) is 0. The van der Waals surface area contributed by atoms with Gasteiger partial charge in [0.05, 0.1) is 0 Å². The molecule has 0 bridgehead atoms. The predicted molar refractivity (Wildman–Crippen MR) is 118 cm³/mol. The monoisotopic (exact) mass is 429 g/mol. The molecule has 0 spiro atoms. The quantitative estimate of drug-likeness (QED) is 0.779. The molecule has 1 aromatic carbocycles. The highest BCUT2D eigenvalue weighted by Gasteiger charge is 2.39. The summed E-state index contributed by atoms with van der Waals surface area (Å²) in [6.07, 6.45) is 2.41. The first kappa shape index (κ1) is 23.1. The van der Waals surface area contributed by atoms with E-state index < -0.39 is 17.7 Å². The molecule has 2 unspecified atom stereocenters. The van der Waals surface area contributed by atoms with Gasteiger partial charge < -0.3 is 19.9 Å². The summed E-state index contributed by atoms with van der Waals surface area (Å²) >= 11 is 0. The summed E-state index contributed by atoms with van der Waals surface area (Å²) < 4.78 is 5.30. The van der Waals surface area contributed by atoms with Crippen LogP contribution in [0.5, 0.6) is 0 Å². The lowest BCUT2D eigenvalue weighted by Crippen LogP contribution is -2.51. The van der Waals surface area contributed by atoms with Crippen LogP contribution >= 0.6 is 0 Å². The summed E-state index contributed by atoms with van der Waals surface area (Å²) in [4.78, 5) is 41.3. The molecule has 2 fully saturated rings. The van der Waals surface area contributed by atoms with Gasteiger partial charge in [0.1, 0.15) is 11.6 Å². The zero-order valence-corrected chi connectivity index (χ0v) is 19.1. The zero-order valence-electron chi connectivity index (χ0n) is 19.1. The van der Waals surface area contributed by atoms with E-state index in [0.717, 1.165) is 18.4 Å². The third-order valence-corrected chi connectivity index (χ3v) is 5.85. The van der Waals surface area contributed by atoms with Crippen molar-refractivity contribution in [3.63, 3.8) is 0 Å². The molecule has 31 heavy (non-hydrogen) atoms. The first-order valence-electron chi connectivity index (χ1n) is 11.2. The van der Waals surface area contributed by atoms with Gasteiger partial charge in [-0.05, 0) is 58.4 Å². The van der Waals surface area contributed by atoms with Gasteiger partial charge in [0.25, 0.3) is 0 Å². The Hall–Kier alpha value is -2.57. The van der Waals surface area contributed by atoms with E-state index >= 15 is 0 Å². The van der Waals surface area contributed by atoms with Crippen molar-refractivity contribution in [3.8, 4) is 0 Å². The lowest BCUT2D eigenvalue weighted by molar-refractivity contribution is -0.143. The molecule has 1 aromatic rings. The SMILES string of the molecule is Cc1ccc(CN2C(=O)CCC2C(=O)N2CCCC(CNC(=O)OC(C)(C)C)C2)cc1. The molecule has 0 aliphatic carbocycles. The molecule has 0 radical (unpaired) electrons. The van der Waals surface area contributed by atoms with Crippen molar-refractivity contribution >= 4 is 17.9 Å². The van der Waals surface area contributed by atoms with E-state index in [1.165, 1.54) is 5.56 Å². The van der Waals surface area contributed by atoms with Crippen LogP contribution in [0.2, 0.25) is 0 Å². The first-order chi connectivity index (χ1) is 14.6. The number of likely N-dealkylation sites (tertiary alicyclic amines) is 2. The smallest absolute Gasteiger partial charge is 0.407 e. The maximum atomic E-state index is 13.3. The normalized spacial score (nSPS) is 21.9. The molecule has 1 N–H and O–H groups in total. The van der Waals surface area contributed by atoms with E-state index in [2.05, 4.69) is 5.32 Å². The minimum absolute atomic E-state index is 0.0277. The predicted octanol–water partition coefficient (Wildman–Crippen LogP) is 3.25. The van der Waals surface area contributed by atoms with Crippen LogP contribution in [0.4, 0.5) is 4.79 Å². The number of piperidine rings is 1. The Bertz CT molecular complexity index is 800. The number of alkyl carbamates (subject to hydrolysis) is 1. The highest BCUT2D eigenvalue weighted by atomic mass is 16.6. The van der Waals surface area contributed by atoms with Crippen LogP contribution in [0.3, 0.4) is 0 Å². The van der Waals surface area contributed by atoms with Crippen LogP contribution in [0.15, 0.2) is 24.3 Å². The Kier molecular flexibility index (Phi) is 7.23. The van der Waals surface area contributed by atoms with Crippen LogP contribution in [0.1, 0.15) is 57.6 Å². The number of aryl methyl sites for hydroxylation is 1. The molecule has 2 heterocycles. The molecular weight excluding hydrogens is 394 g/mol. The highest BCUT2D eigenvalue weighted by molar-refractivity contribution is 5.91. The molecule has 0 saturated carbocycles. The number of hydrogen-bond donors (Lipinski definition) is 1. The zero-order chi connectivity index (χ0) is 22.6. The van der Waals surface area contributed by atoms with Crippen molar-refractivity contribution in [1.29, 1.82) is 0 Å². The fourth-order valence-electron chi connectivity index (χ4n) is 4.26. The van der Waals surface area contributed by atoms with Gasteiger partial charge in [-0.25, -0.2) is 4.79 Å². The third-order valence-electron chi connectivity index (χ3n) is 5.85. The number of carbonyl (C=O) groups is 3. The Morgan fingerprint density at radius 3 is 2.55 bits per heavy atom. The fourth-order valence-corrected chi connectivity index (χ4v) is 4.26. The molecule has 2 saturated heterocycles. The lowest BCUT2D eigenvalue weighted by atomic mass is 9.97. The molecule has 3 rings (SSSR count). The van der Waals surface area contributed by atoms with E-state index in [1.807, 2.05) is 56.9 Å². The van der Waals surface area contributed by atoms with Gasteiger partial charge >= 0.3 is 6.09 Å². The topological polar surface area (TPSA) is 79.0 Å². The number of benzene rings is 1. The number of rotatable bonds is 5. The van der Waals surface area contributed by atoms with Crippen LogP contribution in [0.25, 0.3) is 0 Å². The first-order valence-corrected chi connectivity index (χ1v) is 11.2. The second-order valence-electron chi connectivity index (χ2n) is 9.74. The largest absolute Gasteiger partial charge is 0.444 e. The summed E-state index contributed by atoms with van der Waals surface area (Å²) in [5.74, 6) is 0.256. The van der Waals surface area contributed by atoms with Crippen LogP contribution < -0.4 is 5.32 Å². The van der Waals surface area contributed by atoms with E-state index in [1.54, 1.807) is 4.90 Å². The molecule has 7 nitrogen and oxygen atoms in total. The van der Waals surface area contributed by atoms with Crippen LogP contribution in [-0.4, -0.2) is 59.0 Å². The van der Waals surface area contributed by atoms with Gasteiger partial charge in [0.2, 0.25) is 11.8 Å². The second-order valence-corrected chi connectivity index (χ2v) is 9.74. The molecule has 2 aliphatic rings. The van der Waals surface area contributed by atoms with Gasteiger partial charge in [-0.3, -0.25) is 9.59 Å². The second kappa shape index (κ2) is 9.71. The number of amides is 3. The molecule has 0 aromatic heterocycles. The fraction of sp³-hybridized carbons (Fsp3) is 0.625. The van der Waals surface area contributed by atoms with Gasteiger partial charge in [0.15, 0.2) is 0 Å². The lowest BCUT2D eigenvalue weighted by Gasteiger charge is -2.36. The van der Waals surface area contributed by atoms with Gasteiger partial charge in [-0.1, -0.05) is 29.8 Å². The van der Waals surface area contributed by atoms with E-state index in [9.17, 15) is 14.4 Å². The average Bonchev–Trinajstić information content (AvgIpc) is 3.07. The van der Waals surface area contributed by atoms with Crippen LogP contribution in [-0.2, 0) is 20.9 Å². The molecule has 2 aliphatic heterocycles. The minimum atomic E-state index is -0.533. The van der Waals surface area contributed by atoms with Crippen molar-refractivity contribution < 1.29 is 19.1 Å². The van der Waals surface area contributed by atoms with Crippen LogP contribution in [0, 0.1) is 12.8 Å². The Morgan fingerprint density at radius 1 is 1.16 bits per heavy atom. The van der Waals surface area contributed by atoms with E-state index in [-0.39, 0.29) is 17.7 Å². The highest BCUT2D eigenvalue weighted by Crippen LogP contribution is 2.26. The number of carbonyl (C=O) groups excluding carboxylic acids is 3. The van der Waals surface area contributed by atoms with Crippen molar-refractivity contribution in [2.75, 3.05) is 19.6 Å². The molecule has 170 valence electrons. The average molecular weight is 430 g/mol. The van der Waals surface area contributed by atoms with Gasteiger partial charge in [-0.2, -0.15) is 0 Å². The van der Waals surface area contributed by atoms with Gasteiger partial charge in [-0.15, -0.1) is 0 Å². The van der Waals surface area contributed by atoms with E-state index in [4.69, 9.17) is 4.74 Å². The van der Waals surface area contributed by atoms with Crippen molar-refractivity contribution in [1.82, 2.24) is 15.1 Å². The third kappa shape index (κ3) is 6.45. The Balaban J connectivity index is 1.57. The number of nitrogens with zero attached hydrogens (tertiary/aromatic N) is 2. The number of nitrogens with one attached hydrogen (secondary N) is 1. The molecule has 3 amide bonds. The summed E-state index contributed by atoms with van der Waals surface area (Å²) in [6.45, 7) is 9.77. The Labute approximate surface area is 185 Å². The minimum Gasteiger partial charge on any atom is -0.444 e. The van der Waals surface area contributed by atoms with Crippen molar-refractivity contribution in [2.24, 2.45) is 5.92 Å². The van der Waals surface area contributed by atoms with Crippen molar-refractivity contribution in [2.45, 2.75) is 71.6 Å². The summed E-state index contributed by atoms with van der Waals surface area (Å²) in [5.41, 5.74) is 1.68. The molecular formula is C24H35N3O4. The summed E-state index contributed by atoms with van der Waals surface area (Å²) in [6, 6.07) is 7.69. The molecule has 2 atom stereocenters.